The second-order valence-electron chi connectivity index (χ2n) is 4.75. The molecule has 0 fully saturated rings. The molecule has 2 atom stereocenters. The van der Waals surface area contributed by atoms with Crippen molar-refractivity contribution in [2.75, 3.05) is 0 Å². The first kappa shape index (κ1) is 19.5. The van der Waals surface area contributed by atoms with Crippen molar-refractivity contribution in [3.8, 4) is 0 Å². The molecular weight excluding hydrogens is 316 g/mol. The molecule has 0 spiro atoms. The first-order chi connectivity index (χ1) is 9.69. The Kier molecular flexibility index (Phi) is 5.05. The Morgan fingerprint density at radius 2 is 1.18 bits per heavy atom. The third-order valence-electron chi connectivity index (χ3n) is 2.79. The van der Waals surface area contributed by atoms with E-state index >= 15 is 0 Å². The predicted octanol–water partition coefficient (Wildman–Crippen LogP) is -1.84. The molecule has 0 saturated carbocycles. The highest BCUT2D eigenvalue weighted by atomic mass is 16.8. The minimum atomic E-state index is -5.06. The predicted molar refractivity (Wildman–Crippen MR) is 62.3 cm³/mol. The highest BCUT2D eigenvalue weighted by Gasteiger charge is 2.96. The van der Waals surface area contributed by atoms with Gasteiger partial charge in [-0.1, -0.05) is 13.8 Å². The molecule has 0 saturated heterocycles. The zero-order valence-corrected chi connectivity index (χ0v) is 11.2. The molecule has 0 heterocycles. The van der Waals surface area contributed by atoms with Gasteiger partial charge in [0, 0.05) is 0 Å². The van der Waals surface area contributed by atoms with E-state index in [0.29, 0.717) is 0 Å². The number of aliphatic hydroxyl groups is 3. The van der Waals surface area contributed by atoms with E-state index in [1.807, 2.05) is 0 Å². The summed E-state index contributed by atoms with van der Waals surface area (Å²) in [5.74, 6) is -6.03. The SMILES string of the molecule is CC(C)CC(O)([N+](=O)[O-])C(O)([N+](=O)[O-])C(O)([N+](=O)[O-])[N+](=O)[O-]. The van der Waals surface area contributed by atoms with E-state index < -0.39 is 49.3 Å². The highest BCUT2D eigenvalue weighted by Crippen LogP contribution is 2.39. The van der Waals surface area contributed by atoms with Gasteiger partial charge in [-0.25, -0.2) is 0 Å². The van der Waals surface area contributed by atoms with E-state index in [1.165, 1.54) is 13.8 Å². The first-order valence-corrected chi connectivity index (χ1v) is 5.44. The van der Waals surface area contributed by atoms with Crippen LogP contribution < -0.4 is 0 Å². The smallest absolute Gasteiger partial charge is 0.322 e. The van der Waals surface area contributed by atoms with E-state index in [-0.39, 0.29) is 0 Å². The van der Waals surface area contributed by atoms with Gasteiger partial charge >= 0.3 is 17.3 Å². The number of hydrogen-bond acceptors (Lipinski definition) is 11. The van der Waals surface area contributed by atoms with E-state index in [2.05, 4.69) is 0 Å². The summed E-state index contributed by atoms with van der Waals surface area (Å²) in [6, 6.07) is 0. The Morgan fingerprint density at radius 3 is 1.36 bits per heavy atom. The van der Waals surface area contributed by atoms with Crippen LogP contribution in [0.5, 0.6) is 0 Å². The quantitative estimate of drug-likeness (QED) is 0.254. The normalized spacial score (nSPS) is 17.4. The number of rotatable bonds is 8. The third-order valence-corrected chi connectivity index (χ3v) is 2.79. The molecule has 126 valence electrons. The van der Waals surface area contributed by atoms with Crippen molar-refractivity contribution in [1.29, 1.82) is 0 Å². The van der Waals surface area contributed by atoms with Gasteiger partial charge < -0.3 is 10.2 Å². The molecule has 2 unspecified atom stereocenters. The average Bonchev–Trinajstić information content (AvgIpc) is 2.34. The van der Waals surface area contributed by atoms with Gasteiger partial charge in [0.05, 0.1) is 16.3 Å². The Balaban J connectivity index is 6.74. The van der Waals surface area contributed by atoms with Crippen LogP contribution >= 0.6 is 0 Å². The molecule has 0 bridgehead atoms. The van der Waals surface area contributed by atoms with E-state index in [4.69, 9.17) is 0 Å². The van der Waals surface area contributed by atoms with Gasteiger partial charge in [-0.3, -0.25) is 45.6 Å². The van der Waals surface area contributed by atoms with Gasteiger partial charge in [-0.15, -0.1) is 0 Å². The minimum Gasteiger partial charge on any atom is -0.322 e. The first-order valence-electron chi connectivity index (χ1n) is 5.44. The van der Waals surface area contributed by atoms with Gasteiger partial charge in [-0.05, 0) is 5.92 Å². The van der Waals surface area contributed by atoms with Gasteiger partial charge in [0.1, 0.15) is 9.85 Å². The zero-order chi connectivity index (χ0) is 18.1. The Hall–Kier alpha value is -2.52. The summed E-state index contributed by atoms with van der Waals surface area (Å²) in [6.45, 7) is 2.35. The van der Waals surface area contributed by atoms with Crippen molar-refractivity contribution >= 4 is 0 Å². The summed E-state index contributed by atoms with van der Waals surface area (Å²) < 4.78 is 0. The molecule has 0 rings (SSSR count). The molecule has 0 aromatic rings. The summed E-state index contributed by atoms with van der Waals surface area (Å²) >= 11 is 0. The fourth-order valence-corrected chi connectivity index (χ4v) is 1.77. The minimum absolute atomic E-state index is 0.968. The lowest BCUT2D eigenvalue weighted by Gasteiger charge is -2.29. The summed E-state index contributed by atoms with van der Waals surface area (Å²) in [5, 5.41) is 72.2. The lowest BCUT2D eigenvalue weighted by Crippen LogP contribution is -2.79. The molecule has 15 heteroatoms. The second kappa shape index (κ2) is 5.70. The lowest BCUT2D eigenvalue weighted by molar-refractivity contribution is -0.940. The Labute approximate surface area is 120 Å². The third kappa shape index (κ3) is 2.40. The van der Waals surface area contributed by atoms with Gasteiger partial charge in [0.15, 0.2) is 0 Å². The van der Waals surface area contributed by atoms with Crippen molar-refractivity contribution in [3.63, 3.8) is 0 Å². The number of nitro groups is 4. The van der Waals surface area contributed by atoms with Gasteiger partial charge in [0.25, 0.3) is 0 Å². The lowest BCUT2D eigenvalue weighted by atomic mass is 9.87. The maximum Gasteiger partial charge on any atom is 0.686 e. The number of nitrogens with zero attached hydrogens (tertiary/aromatic N) is 4. The molecule has 0 radical (unpaired) electrons. The summed E-state index contributed by atoms with van der Waals surface area (Å²) in [4.78, 5) is 34.5. The largest absolute Gasteiger partial charge is 0.686 e. The van der Waals surface area contributed by atoms with Crippen LogP contribution in [-0.2, 0) is 0 Å². The van der Waals surface area contributed by atoms with Crippen molar-refractivity contribution in [2.24, 2.45) is 5.92 Å². The van der Waals surface area contributed by atoms with Crippen LogP contribution in [0.2, 0.25) is 0 Å². The standard InChI is InChI=1S/C7H12N4O11/c1-4(2)3-5(12,8(15)16)6(13,9(17)18)7(14,10(19)20)11(21)22/h4,12-14H,3H2,1-2H3. The van der Waals surface area contributed by atoms with Crippen LogP contribution in [-0.4, -0.2) is 52.3 Å². The van der Waals surface area contributed by atoms with E-state index in [9.17, 15) is 55.8 Å². The Bertz CT molecular complexity index is 507. The Morgan fingerprint density at radius 1 is 0.818 bits per heavy atom. The maximum atomic E-state index is 10.9. The zero-order valence-electron chi connectivity index (χ0n) is 11.2. The highest BCUT2D eigenvalue weighted by molar-refractivity contribution is 4.91. The molecule has 0 aliphatic rings. The maximum absolute atomic E-state index is 10.9. The van der Waals surface area contributed by atoms with E-state index in [0.717, 1.165) is 0 Å². The van der Waals surface area contributed by atoms with Crippen molar-refractivity contribution in [1.82, 2.24) is 0 Å². The molecule has 0 amide bonds. The van der Waals surface area contributed by atoms with Crippen molar-refractivity contribution in [2.45, 2.75) is 37.6 Å². The molecular formula is C7H12N4O11. The topological polar surface area (TPSA) is 233 Å². The molecule has 0 aromatic heterocycles. The van der Waals surface area contributed by atoms with Crippen molar-refractivity contribution < 1.29 is 35.0 Å². The van der Waals surface area contributed by atoms with Crippen LogP contribution in [0.1, 0.15) is 20.3 Å². The van der Waals surface area contributed by atoms with Gasteiger partial charge in [0.2, 0.25) is 0 Å². The summed E-state index contributed by atoms with van der Waals surface area (Å²) in [7, 11) is 0. The molecule has 0 aliphatic carbocycles. The fourth-order valence-electron chi connectivity index (χ4n) is 1.77. The van der Waals surface area contributed by atoms with Crippen LogP contribution in [0.25, 0.3) is 0 Å². The van der Waals surface area contributed by atoms with Crippen LogP contribution in [0.3, 0.4) is 0 Å². The van der Waals surface area contributed by atoms with Crippen LogP contribution in [0, 0.1) is 46.4 Å². The van der Waals surface area contributed by atoms with E-state index in [1.54, 1.807) is 0 Å². The summed E-state index contributed by atoms with van der Waals surface area (Å²) in [6.07, 6.45) is -1.29. The molecule has 3 N–H and O–H groups in total. The monoisotopic (exact) mass is 328 g/mol. The van der Waals surface area contributed by atoms with Crippen LogP contribution in [0.4, 0.5) is 0 Å². The summed E-state index contributed by atoms with van der Waals surface area (Å²) in [5.41, 5.74) is -9.17. The second-order valence-corrected chi connectivity index (χ2v) is 4.75. The van der Waals surface area contributed by atoms with Crippen LogP contribution in [0.15, 0.2) is 0 Å². The van der Waals surface area contributed by atoms with Gasteiger partial charge in [-0.2, -0.15) is 0 Å². The molecule has 0 aromatic carbocycles. The molecule has 0 aliphatic heterocycles. The molecule has 22 heavy (non-hydrogen) atoms. The fraction of sp³-hybridized carbons (Fsp3) is 1.00. The van der Waals surface area contributed by atoms with Crippen molar-refractivity contribution in [3.05, 3.63) is 40.5 Å². The molecule has 15 nitrogen and oxygen atoms in total. The number of hydrogen-bond donors (Lipinski definition) is 3. The average molecular weight is 328 g/mol.